The molecule has 1 N–H and O–H groups in total. The summed E-state index contributed by atoms with van der Waals surface area (Å²) in [6.45, 7) is 1.70. The zero-order valence-corrected chi connectivity index (χ0v) is 13.3. The molecule has 0 fully saturated rings. The molecule has 0 saturated carbocycles. The first kappa shape index (κ1) is 16.3. The molecule has 1 aliphatic rings. The van der Waals surface area contributed by atoms with Gasteiger partial charge >= 0.3 is 0 Å². The van der Waals surface area contributed by atoms with Crippen LogP contribution in [0, 0.1) is 10.1 Å². The Balaban J connectivity index is 1.71. The maximum absolute atomic E-state index is 12.3. The molecule has 25 heavy (non-hydrogen) atoms. The quantitative estimate of drug-likeness (QED) is 0.390. The fraction of sp³-hybridized carbons (Fsp3) is 0.118. The van der Waals surface area contributed by atoms with Crippen molar-refractivity contribution in [3.63, 3.8) is 0 Å². The van der Waals surface area contributed by atoms with E-state index in [1.165, 1.54) is 18.2 Å². The number of imide groups is 1. The van der Waals surface area contributed by atoms with Gasteiger partial charge in [-0.3, -0.25) is 30.0 Å². The minimum absolute atomic E-state index is 0.0360. The van der Waals surface area contributed by atoms with Crippen LogP contribution in [0.25, 0.3) is 0 Å². The zero-order chi connectivity index (χ0) is 18.0. The topological polar surface area (TPSA) is 105 Å². The van der Waals surface area contributed by atoms with Gasteiger partial charge in [-0.2, -0.15) is 5.10 Å². The van der Waals surface area contributed by atoms with Crippen LogP contribution in [0.15, 0.2) is 53.6 Å². The Morgan fingerprint density at radius 1 is 1.12 bits per heavy atom. The van der Waals surface area contributed by atoms with Gasteiger partial charge in [0.25, 0.3) is 17.5 Å². The molecule has 0 spiro atoms. The Morgan fingerprint density at radius 3 is 2.36 bits per heavy atom. The first-order valence-corrected chi connectivity index (χ1v) is 7.46. The standard InChI is InChI=1S/C17H14N4O4/c1-11(18-19-12-5-4-6-13(9-12)21(24)25)10-20-16(22)14-7-2-3-8-15(14)17(20)23/h2-9,19H,10H2,1H3/b18-11+. The van der Waals surface area contributed by atoms with E-state index >= 15 is 0 Å². The molecular formula is C17H14N4O4. The van der Waals surface area contributed by atoms with Gasteiger partial charge < -0.3 is 0 Å². The van der Waals surface area contributed by atoms with Gasteiger partial charge in [0, 0.05) is 12.1 Å². The molecule has 0 saturated heterocycles. The number of hydrogen-bond donors (Lipinski definition) is 1. The maximum Gasteiger partial charge on any atom is 0.271 e. The summed E-state index contributed by atoms with van der Waals surface area (Å²) < 4.78 is 0. The van der Waals surface area contributed by atoms with Crippen LogP contribution >= 0.6 is 0 Å². The second kappa shape index (κ2) is 6.52. The lowest BCUT2D eigenvalue weighted by atomic mass is 10.1. The predicted molar refractivity (Wildman–Crippen MR) is 91.6 cm³/mol. The number of non-ortho nitro benzene ring substituents is 1. The highest BCUT2D eigenvalue weighted by molar-refractivity contribution is 6.22. The number of hydrogen-bond acceptors (Lipinski definition) is 6. The number of nitrogens with one attached hydrogen (secondary N) is 1. The molecule has 0 aliphatic carbocycles. The highest BCUT2D eigenvalue weighted by atomic mass is 16.6. The number of benzene rings is 2. The summed E-state index contributed by atoms with van der Waals surface area (Å²) in [5.41, 5.74) is 4.33. The molecule has 8 nitrogen and oxygen atoms in total. The number of carbonyl (C=O) groups is 2. The minimum atomic E-state index is -0.499. The normalized spacial score (nSPS) is 13.8. The average molecular weight is 338 g/mol. The molecule has 0 aromatic heterocycles. The van der Waals surface area contributed by atoms with Crippen molar-refractivity contribution in [2.45, 2.75) is 6.92 Å². The first-order valence-electron chi connectivity index (χ1n) is 7.46. The molecule has 0 unspecified atom stereocenters. The molecule has 1 aliphatic heterocycles. The Hall–Kier alpha value is -3.55. The Kier molecular flexibility index (Phi) is 4.25. The monoisotopic (exact) mass is 338 g/mol. The van der Waals surface area contributed by atoms with Gasteiger partial charge in [0.1, 0.15) is 0 Å². The smallest absolute Gasteiger partial charge is 0.271 e. The fourth-order valence-corrected chi connectivity index (χ4v) is 2.50. The van der Waals surface area contributed by atoms with Crippen molar-refractivity contribution in [1.29, 1.82) is 0 Å². The van der Waals surface area contributed by atoms with Crippen molar-refractivity contribution in [1.82, 2.24) is 4.90 Å². The summed E-state index contributed by atoms with van der Waals surface area (Å²) in [6, 6.07) is 12.5. The third-order valence-corrected chi connectivity index (χ3v) is 3.70. The number of nitro benzene ring substituents is 1. The lowest BCUT2D eigenvalue weighted by Crippen LogP contribution is -2.34. The van der Waals surface area contributed by atoms with Gasteiger partial charge in [-0.15, -0.1) is 0 Å². The second-order valence-electron chi connectivity index (χ2n) is 5.51. The molecule has 126 valence electrons. The van der Waals surface area contributed by atoms with Crippen LogP contribution in [0.4, 0.5) is 11.4 Å². The van der Waals surface area contributed by atoms with Gasteiger partial charge in [-0.1, -0.05) is 18.2 Å². The van der Waals surface area contributed by atoms with Crippen molar-refractivity contribution in [2.75, 3.05) is 12.0 Å². The molecule has 1 heterocycles. The van der Waals surface area contributed by atoms with Gasteiger partial charge in [-0.25, -0.2) is 0 Å². The predicted octanol–water partition coefficient (Wildman–Crippen LogP) is 2.68. The molecule has 0 bridgehead atoms. The molecule has 2 aromatic carbocycles. The SMILES string of the molecule is C/C(CN1C(=O)c2ccccc2C1=O)=N\Nc1cccc([N+](=O)[O-])c1. The summed E-state index contributed by atoms with van der Waals surface area (Å²) in [5.74, 6) is -0.712. The van der Waals surface area contributed by atoms with E-state index in [2.05, 4.69) is 10.5 Å². The number of rotatable bonds is 5. The average Bonchev–Trinajstić information content (AvgIpc) is 2.85. The third-order valence-electron chi connectivity index (χ3n) is 3.70. The Morgan fingerprint density at radius 2 is 1.76 bits per heavy atom. The van der Waals surface area contributed by atoms with E-state index < -0.39 is 4.92 Å². The van der Waals surface area contributed by atoms with Gasteiger partial charge in [-0.05, 0) is 25.1 Å². The van der Waals surface area contributed by atoms with Crippen LogP contribution in [-0.2, 0) is 0 Å². The summed E-state index contributed by atoms with van der Waals surface area (Å²) in [6.07, 6.45) is 0. The zero-order valence-electron chi connectivity index (χ0n) is 13.3. The first-order chi connectivity index (χ1) is 12.0. The van der Waals surface area contributed by atoms with Crippen molar-refractivity contribution < 1.29 is 14.5 Å². The van der Waals surface area contributed by atoms with Crippen LogP contribution in [-0.4, -0.2) is 33.9 Å². The number of fused-ring (bicyclic) bond motifs is 1. The van der Waals surface area contributed by atoms with Crippen LogP contribution in [0.3, 0.4) is 0 Å². The number of amides is 2. The molecule has 8 heteroatoms. The highest BCUT2D eigenvalue weighted by Crippen LogP contribution is 2.22. The molecular weight excluding hydrogens is 324 g/mol. The highest BCUT2D eigenvalue weighted by Gasteiger charge is 2.35. The molecule has 0 radical (unpaired) electrons. The van der Waals surface area contributed by atoms with E-state index in [1.54, 1.807) is 37.3 Å². The third kappa shape index (κ3) is 3.23. The van der Waals surface area contributed by atoms with Gasteiger partial charge in [0.2, 0.25) is 0 Å². The van der Waals surface area contributed by atoms with Gasteiger partial charge in [0.05, 0.1) is 34.0 Å². The van der Waals surface area contributed by atoms with E-state index in [0.29, 0.717) is 22.5 Å². The van der Waals surface area contributed by atoms with Gasteiger partial charge in [0.15, 0.2) is 0 Å². The number of nitrogens with zero attached hydrogens (tertiary/aromatic N) is 3. The summed E-state index contributed by atoms with van der Waals surface area (Å²) in [7, 11) is 0. The second-order valence-corrected chi connectivity index (χ2v) is 5.51. The summed E-state index contributed by atoms with van der Waals surface area (Å²) >= 11 is 0. The maximum atomic E-state index is 12.3. The number of anilines is 1. The van der Waals surface area contributed by atoms with Crippen molar-refractivity contribution in [2.24, 2.45) is 5.10 Å². The molecule has 2 amide bonds. The lowest BCUT2D eigenvalue weighted by Gasteiger charge is -2.13. The van der Waals surface area contributed by atoms with E-state index in [9.17, 15) is 19.7 Å². The number of hydrazone groups is 1. The molecule has 3 rings (SSSR count). The van der Waals surface area contributed by atoms with Crippen molar-refractivity contribution in [3.05, 3.63) is 69.8 Å². The van der Waals surface area contributed by atoms with E-state index in [0.717, 1.165) is 4.90 Å². The minimum Gasteiger partial charge on any atom is -0.278 e. The Bertz CT molecular complexity index is 872. The molecule has 2 aromatic rings. The fourth-order valence-electron chi connectivity index (χ4n) is 2.50. The van der Waals surface area contributed by atoms with E-state index in [4.69, 9.17) is 0 Å². The Labute approximate surface area is 142 Å². The molecule has 0 atom stereocenters. The van der Waals surface area contributed by atoms with Crippen LogP contribution in [0.1, 0.15) is 27.6 Å². The lowest BCUT2D eigenvalue weighted by molar-refractivity contribution is -0.384. The van der Waals surface area contributed by atoms with Crippen molar-refractivity contribution in [3.8, 4) is 0 Å². The van der Waals surface area contributed by atoms with E-state index in [1.807, 2.05) is 0 Å². The van der Waals surface area contributed by atoms with Crippen LogP contribution < -0.4 is 5.43 Å². The largest absolute Gasteiger partial charge is 0.278 e. The number of carbonyl (C=O) groups excluding carboxylic acids is 2. The van der Waals surface area contributed by atoms with Crippen LogP contribution in [0.5, 0.6) is 0 Å². The number of nitro groups is 1. The van der Waals surface area contributed by atoms with Crippen LogP contribution in [0.2, 0.25) is 0 Å². The summed E-state index contributed by atoms with van der Waals surface area (Å²) in [5, 5.41) is 14.8. The van der Waals surface area contributed by atoms with E-state index in [-0.39, 0.29) is 24.0 Å². The summed E-state index contributed by atoms with van der Waals surface area (Å²) in [4.78, 5) is 36.0. The van der Waals surface area contributed by atoms with Crippen molar-refractivity contribution >= 4 is 28.9 Å².